The van der Waals surface area contributed by atoms with Crippen molar-refractivity contribution in [2.75, 3.05) is 6.61 Å². The Morgan fingerprint density at radius 2 is 0.863 bits per heavy atom. The van der Waals surface area contributed by atoms with Crippen LogP contribution in [0.4, 0.5) is 0 Å². The predicted molar refractivity (Wildman–Crippen MR) is 225 cm³/mol. The highest BCUT2D eigenvalue weighted by Crippen LogP contribution is 2.15. The SMILES string of the molecule is CC/C=C\C/C=C\C/C=C\C/C=C\CCCCCCCCCCCCCCCCCCCCCCC(=O)NC(CO)C(O)/C=C/CCCCCC. The Hall–Kier alpha value is -1.91. The molecule has 2 atom stereocenters. The first-order chi connectivity index (χ1) is 25.2. The number of aliphatic hydroxyl groups is 2. The molecule has 4 heteroatoms. The smallest absolute Gasteiger partial charge is 0.220 e. The molecule has 296 valence electrons. The Morgan fingerprint density at radius 3 is 1.29 bits per heavy atom. The lowest BCUT2D eigenvalue weighted by Crippen LogP contribution is -2.45. The third-order valence-electron chi connectivity index (χ3n) is 9.76. The molecule has 4 nitrogen and oxygen atoms in total. The normalized spacial score (nSPS) is 13.6. The van der Waals surface area contributed by atoms with Gasteiger partial charge in [-0.25, -0.2) is 0 Å². The van der Waals surface area contributed by atoms with E-state index in [9.17, 15) is 15.0 Å². The Kier molecular flexibility index (Phi) is 40.9. The molecule has 0 saturated carbocycles. The second kappa shape index (κ2) is 42.5. The molecule has 0 aromatic carbocycles. The summed E-state index contributed by atoms with van der Waals surface area (Å²) in [6, 6.07) is -0.618. The molecular weight excluding hydrogens is 627 g/mol. The second-order valence-corrected chi connectivity index (χ2v) is 14.7. The topological polar surface area (TPSA) is 69.6 Å². The summed E-state index contributed by atoms with van der Waals surface area (Å²) >= 11 is 0. The maximum atomic E-state index is 12.3. The average Bonchev–Trinajstić information content (AvgIpc) is 3.13. The van der Waals surface area contributed by atoms with Crippen molar-refractivity contribution in [1.29, 1.82) is 0 Å². The molecule has 0 fully saturated rings. The van der Waals surface area contributed by atoms with E-state index in [-0.39, 0.29) is 12.5 Å². The van der Waals surface area contributed by atoms with Gasteiger partial charge >= 0.3 is 0 Å². The zero-order valence-corrected chi connectivity index (χ0v) is 33.9. The van der Waals surface area contributed by atoms with Gasteiger partial charge in [0.05, 0.1) is 18.8 Å². The largest absolute Gasteiger partial charge is 0.394 e. The van der Waals surface area contributed by atoms with Gasteiger partial charge < -0.3 is 15.5 Å². The summed E-state index contributed by atoms with van der Waals surface area (Å²) in [7, 11) is 0. The highest BCUT2D eigenvalue weighted by atomic mass is 16.3. The Bertz CT molecular complexity index is 858. The van der Waals surface area contributed by atoms with Crippen LogP contribution in [0.15, 0.2) is 60.8 Å². The number of unbranched alkanes of at least 4 members (excludes halogenated alkanes) is 24. The first kappa shape index (κ1) is 49.1. The van der Waals surface area contributed by atoms with Gasteiger partial charge in [-0.15, -0.1) is 0 Å². The molecule has 0 aromatic heterocycles. The fourth-order valence-electron chi connectivity index (χ4n) is 6.40. The van der Waals surface area contributed by atoms with Gasteiger partial charge in [0.1, 0.15) is 0 Å². The molecule has 0 bridgehead atoms. The third-order valence-corrected chi connectivity index (χ3v) is 9.76. The van der Waals surface area contributed by atoms with E-state index in [1.165, 1.54) is 141 Å². The Labute approximate surface area is 317 Å². The number of carbonyl (C=O) groups is 1. The van der Waals surface area contributed by atoms with Crippen molar-refractivity contribution < 1.29 is 15.0 Å². The van der Waals surface area contributed by atoms with Gasteiger partial charge in [0, 0.05) is 6.42 Å². The summed E-state index contributed by atoms with van der Waals surface area (Å²) in [5, 5.41) is 22.7. The maximum Gasteiger partial charge on any atom is 0.220 e. The minimum absolute atomic E-state index is 0.0696. The number of rotatable bonds is 39. The van der Waals surface area contributed by atoms with Crippen LogP contribution < -0.4 is 5.32 Å². The standard InChI is InChI=1S/C47H85NO3/c1-3-5-7-9-11-12-13-14-15-16-17-18-19-20-21-22-23-24-25-26-27-28-29-30-31-32-33-34-35-36-37-39-41-43-47(51)48-45(44-49)46(50)42-40-38-10-8-6-4-2/h5,7,11-12,14-15,17-18,40,42,45-46,49-50H,3-4,6,8-10,13,16,19-39,41,43-44H2,1-2H3,(H,48,51)/b7-5-,12-11-,15-14-,18-17-,42-40+. The van der Waals surface area contributed by atoms with Crippen LogP contribution >= 0.6 is 0 Å². The molecular formula is C47H85NO3. The number of nitrogens with one attached hydrogen (secondary N) is 1. The number of aliphatic hydroxyl groups excluding tert-OH is 2. The fraction of sp³-hybridized carbons (Fsp3) is 0.766. The highest BCUT2D eigenvalue weighted by molar-refractivity contribution is 5.76. The lowest BCUT2D eigenvalue weighted by Gasteiger charge is -2.20. The second-order valence-electron chi connectivity index (χ2n) is 14.7. The molecule has 51 heavy (non-hydrogen) atoms. The Morgan fingerprint density at radius 1 is 0.490 bits per heavy atom. The van der Waals surface area contributed by atoms with Gasteiger partial charge in [0.25, 0.3) is 0 Å². The molecule has 0 heterocycles. The van der Waals surface area contributed by atoms with Crippen molar-refractivity contribution >= 4 is 5.91 Å². The van der Waals surface area contributed by atoms with Crippen molar-refractivity contribution in [2.45, 2.75) is 225 Å². The van der Waals surface area contributed by atoms with E-state index >= 15 is 0 Å². The average molecular weight is 712 g/mol. The van der Waals surface area contributed by atoms with Crippen LogP contribution in [0.25, 0.3) is 0 Å². The van der Waals surface area contributed by atoms with Crippen LogP contribution in [0.3, 0.4) is 0 Å². The number of hydrogen-bond acceptors (Lipinski definition) is 3. The van der Waals surface area contributed by atoms with Gasteiger partial charge in [-0.1, -0.05) is 209 Å². The van der Waals surface area contributed by atoms with Crippen molar-refractivity contribution in [1.82, 2.24) is 5.32 Å². The van der Waals surface area contributed by atoms with Crippen LogP contribution in [-0.2, 0) is 4.79 Å². The van der Waals surface area contributed by atoms with E-state index in [2.05, 4.69) is 67.8 Å². The van der Waals surface area contributed by atoms with E-state index in [0.29, 0.717) is 6.42 Å². The summed E-state index contributed by atoms with van der Waals surface area (Å²) in [5.41, 5.74) is 0. The highest BCUT2D eigenvalue weighted by Gasteiger charge is 2.17. The zero-order valence-electron chi connectivity index (χ0n) is 33.9. The van der Waals surface area contributed by atoms with Gasteiger partial charge in [-0.2, -0.15) is 0 Å². The fourth-order valence-corrected chi connectivity index (χ4v) is 6.40. The summed E-state index contributed by atoms with van der Waals surface area (Å²) in [5.74, 6) is -0.0696. The maximum absolute atomic E-state index is 12.3. The lowest BCUT2D eigenvalue weighted by atomic mass is 10.0. The van der Waals surface area contributed by atoms with Gasteiger partial charge in [0.15, 0.2) is 0 Å². The third kappa shape index (κ3) is 39.1. The lowest BCUT2D eigenvalue weighted by molar-refractivity contribution is -0.123. The molecule has 0 spiro atoms. The molecule has 0 radical (unpaired) electrons. The van der Waals surface area contributed by atoms with E-state index < -0.39 is 12.1 Å². The molecule has 0 saturated heterocycles. The van der Waals surface area contributed by atoms with Crippen LogP contribution in [-0.4, -0.2) is 34.9 Å². The minimum atomic E-state index is -0.834. The van der Waals surface area contributed by atoms with Crippen molar-refractivity contribution in [3.8, 4) is 0 Å². The van der Waals surface area contributed by atoms with Gasteiger partial charge in [-0.3, -0.25) is 4.79 Å². The first-order valence-electron chi connectivity index (χ1n) is 22.0. The molecule has 3 N–H and O–H groups in total. The molecule has 0 rings (SSSR count). The van der Waals surface area contributed by atoms with Crippen molar-refractivity contribution in [3.05, 3.63) is 60.8 Å². The van der Waals surface area contributed by atoms with E-state index in [1.54, 1.807) is 6.08 Å². The number of amides is 1. The molecule has 0 aliphatic rings. The number of allylic oxidation sites excluding steroid dienone is 9. The van der Waals surface area contributed by atoms with Crippen LogP contribution in [0, 0.1) is 0 Å². The molecule has 0 aromatic rings. The van der Waals surface area contributed by atoms with Crippen molar-refractivity contribution in [3.63, 3.8) is 0 Å². The minimum Gasteiger partial charge on any atom is -0.394 e. The van der Waals surface area contributed by atoms with Gasteiger partial charge in [-0.05, 0) is 57.8 Å². The summed E-state index contributed by atoms with van der Waals surface area (Å²) in [6.45, 7) is 4.12. The number of carbonyl (C=O) groups excluding carboxylic acids is 1. The number of hydrogen-bond donors (Lipinski definition) is 3. The summed E-state index contributed by atoms with van der Waals surface area (Å²) in [6.07, 6.45) is 59.4. The predicted octanol–water partition coefficient (Wildman–Crippen LogP) is 13.7. The van der Waals surface area contributed by atoms with Gasteiger partial charge in [0.2, 0.25) is 5.91 Å². The van der Waals surface area contributed by atoms with Crippen LogP contribution in [0.5, 0.6) is 0 Å². The van der Waals surface area contributed by atoms with Crippen LogP contribution in [0.2, 0.25) is 0 Å². The van der Waals surface area contributed by atoms with Crippen LogP contribution in [0.1, 0.15) is 213 Å². The molecule has 1 amide bonds. The van der Waals surface area contributed by atoms with Crippen molar-refractivity contribution in [2.24, 2.45) is 0 Å². The molecule has 0 aliphatic carbocycles. The van der Waals surface area contributed by atoms with E-state index in [0.717, 1.165) is 51.4 Å². The van der Waals surface area contributed by atoms with E-state index in [4.69, 9.17) is 0 Å². The Balaban J connectivity index is 3.39. The zero-order chi connectivity index (χ0) is 37.1. The molecule has 2 unspecified atom stereocenters. The summed E-state index contributed by atoms with van der Waals surface area (Å²) < 4.78 is 0. The monoisotopic (exact) mass is 712 g/mol. The first-order valence-corrected chi connectivity index (χ1v) is 22.0. The molecule has 0 aliphatic heterocycles. The van der Waals surface area contributed by atoms with E-state index in [1.807, 2.05) is 6.08 Å². The summed E-state index contributed by atoms with van der Waals surface area (Å²) in [4.78, 5) is 12.3. The quantitative estimate of drug-likeness (QED) is 0.0439.